The van der Waals surface area contributed by atoms with Crippen molar-refractivity contribution in [2.24, 2.45) is 0 Å². The standard InChI is InChI=1S/C12H14F3N/c13-12(14,15)10-7-3-4-8-11(10)16-9-5-1-2-6-9/h3-4,7-9,16H,1-2,5-6H2. The van der Waals surface area contributed by atoms with Gasteiger partial charge in [-0.05, 0) is 25.0 Å². The first-order valence-electron chi connectivity index (χ1n) is 5.50. The lowest BCUT2D eigenvalue weighted by Gasteiger charge is -2.18. The lowest BCUT2D eigenvalue weighted by molar-refractivity contribution is -0.137. The molecule has 88 valence electrons. The third-order valence-corrected chi connectivity index (χ3v) is 2.95. The first-order chi connectivity index (χ1) is 7.57. The number of hydrogen-bond acceptors (Lipinski definition) is 1. The predicted molar refractivity (Wildman–Crippen MR) is 57.3 cm³/mol. The van der Waals surface area contributed by atoms with Crippen LogP contribution in [0.15, 0.2) is 24.3 Å². The van der Waals surface area contributed by atoms with Crippen LogP contribution < -0.4 is 5.32 Å². The molecule has 0 aliphatic heterocycles. The Labute approximate surface area is 92.7 Å². The summed E-state index contributed by atoms with van der Waals surface area (Å²) < 4.78 is 38.0. The third-order valence-electron chi connectivity index (χ3n) is 2.95. The third kappa shape index (κ3) is 2.49. The minimum absolute atomic E-state index is 0.198. The summed E-state index contributed by atoms with van der Waals surface area (Å²) in [5, 5.41) is 3.00. The first-order valence-corrected chi connectivity index (χ1v) is 5.50. The number of rotatable bonds is 2. The molecule has 0 unspecified atom stereocenters. The monoisotopic (exact) mass is 229 g/mol. The van der Waals surface area contributed by atoms with Gasteiger partial charge in [0.15, 0.2) is 0 Å². The number of anilines is 1. The Bertz CT molecular complexity index is 354. The maximum atomic E-state index is 12.7. The SMILES string of the molecule is FC(F)(F)c1ccccc1NC1CCCC1. The summed E-state index contributed by atoms with van der Waals surface area (Å²) in [6, 6.07) is 5.87. The molecular weight excluding hydrogens is 215 g/mol. The van der Waals surface area contributed by atoms with Crippen LogP contribution in [0, 0.1) is 0 Å². The molecule has 1 aliphatic rings. The Morgan fingerprint density at radius 2 is 1.69 bits per heavy atom. The van der Waals surface area contributed by atoms with E-state index in [0.29, 0.717) is 0 Å². The van der Waals surface area contributed by atoms with Crippen LogP contribution in [0.25, 0.3) is 0 Å². The van der Waals surface area contributed by atoms with Gasteiger partial charge < -0.3 is 5.32 Å². The average Bonchev–Trinajstić information content (AvgIpc) is 2.70. The normalized spacial score (nSPS) is 17.7. The zero-order valence-electron chi connectivity index (χ0n) is 8.85. The fraction of sp³-hybridized carbons (Fsp3) is 0.500. The van der Waals surface area contributed by atoms with E-state index in [1.165, 1.54) is 12.1 Å². The van der Waals surface area contributed by atoms with Gasteiger partial charge in [-0.15, -0.1) is 0 Å². The maximum absolute atomic E-state index is 12.7. The molecule has 0 bridgehead atoms. The van der Waals surface area contributed by atoms with E-state index in [-0.39, 0.29) is 11.7 Å². The Hall–Kier alpha value is -1.19. The van der Waals surface area contributed by atoms with Gasteiger partial charge in [-0.2, -0.15) is 13.2 Å². The summed E-state index contributed by atoms with van der Waals surface area (Å²) in [6.45, 7) is 0. The topological polar surface area (TPSA) is 12.0 Å². The summed E-state index contributed by atoms with van der Waals surface area (Å²) in [5.74, 6) is 0. The molecule has 0 spiro atoms. The second-order valence-corrected chi connectivity index (χ2v) is 4.17. The highest BCUT2D eigenvalue weighted by Crippen LogP contribution is 2.35. The number of hydrogen-bond donors (Lipinski definition) is 1. The van der Waals surface area contributed by atoms with E-state index in [1.54, 1.807) is 6.07 Å². The molecule has 1 N–H and O–H groups in total. The van der Waals surface area contributed by atoms with Crippen molar-refractivity contribution in [3.05, 3.63) is 29.8 Å². The van der Waals surface area contributed by atoms with Crippen LogP contribution in [-0.4, -0.2) is 6.04 Å². The van der Waals surface area contributed by atoms with Gasteiger partial charge in [0, 0.05) is 11.7 Å². The molecule has 1 saturated carbocycles. The smallest absolute Gasteiger partial charge is 0.382 e. The van der Waals surface area contributed by atoms with Crippen LogP contribution in [0.2, 0.25) is 0 Å². The molecule has 0 radical (unpaired) electrons. The van der Waals surface area contributed by atoms with E-state index >= 15 is 0 Å². The number of para-hydroxylation sites is 1. The minimum atomic E-state index is -4.28. The predicted octanol–water partition coefficient (Wildman–Crippen LogP) is 4.06. The number of benzene rings is 1. The van der Waals surface area contributed by atoms with Gasteiger partial charge in [-0.1, -0.05) is 25.0 Å². The molecule has 1 aliphatic carbocycles. The van der Waals surface area contributed by atoms with Crippen LogP contribution >= 0.6 is 0 Å². The van der Waals surface area contributed by atoms with Gasteiger partial charge in [-0.25, -0.2) is 0 Å². The van der Waals surface area contributed by atoms with Crippen LogP contribution in [0.3, 0.4) is 0 Å². The molecule has 0 aromatic heterocycles. The summed E-state index contributed by atoms with van der Waals surface area (Å²) in [7, 11) is 0. The summed E-state index contributed by atoms with van der Waals surface area (Å²) in [6.07, 6.45) is -0.141. The lowest BCUT2D eigenvalue weighted by atomic mass is 10.1. The van der Waals surface area contributed by atoms with E-state index in [1.807, 2.05) is 0 Å². The van der Waals surface area contributed by atoms with Crippen molar-refractivity contribution in [3.63, 3.8) is 0 Å². The number of halogens is 3. The zero-order valence-corrected chi connectivity index (χ0v) is 8.85. The highest BCUT2D eigenvalue weighted by molar-refractivity contribution is 5.53. The molecule has 1 aromatic rings. The van der Waals surface area contributed by atoms with Crippen molar-refractivity contribution in [1.82, 2.24) is 0 Å². The fourth-order valence-corrected chi connectivity index (χ4v) is 2.15. The van der Waals surface area contributed by atoms with Crippen molar-refractivity contribution in [1.29, 1.82) is 0 Å². The highest BCUT2D eigenvalue weighted by Gasteiger charge is 2.33. The Morgan fingerprint density at radius 1 is 1.06 bits per heavy atom. The van der Waals surface area contributed by atoms with Crippen molar-refractivity contribution >= 4 is 5.69 Å². The van der Waals surface area contributed by atoms with Gasteiger partial charge in [0.25, 0.3) is 0 Å². The summed E-state index contributed by atoms with van der Waals surface area (Å²) in [4.78, 5) is 0. The van der Waals surface area contributed by atoms with Gasteiger partial charge in [0.05, 0.1) is 5.56 Å². The lowest BCUT2D eigenvalue weighted by Crippen LogP contribution is -2.18. The number of alkyl halides is 3. The van der Waals surface area contributed by atoms with Crippen molar-refractivity contribution in [2.45, 2.75) is 37.9 Å². The van der Waals surface area contributed by atoms with Crippen LogP contribution in [0.5, 0.6) is 0 Å². The maximum Gasteiger partial charge on any atom is 0.418 e. The van der Waals surface area contributed by atoms with Gasteiger partial charge >= 0.3 is 6.18 Å². The van der Waals surface area contributed by atoms with Crippen molar-refractivity contribution in [3.8, 4) is 0 Å². The van der Waals surface area contributed by atoms with Crippen molar-refractivity contribution < 1.29 is 13.2 Å². The van der Waals surface area contributed by atoms with Gasteiger partial charge in [-0.3, -0.25) is 0 Å². The summed E-state index contributed by atoms with van der Waals surface area (Å²) in [5.41, 5.74) is -0.358. The molecule has 0 saturated heterocycles. The minimum Gasteiger partial charge on any atom is -0.382 e. The van der Waals surface area contributed by atoms with Crippen LogP contribution in [0.4, 0.5) is 18.9 Å². The fourth-order valence-electron chi connectivity index (χ4n) is 2.15. The van der Waals surface area contributed by atoms with E-state index in [2.05, 4.69) is 5.32 Å². The quantitative estimate of drug-likeness (QED) is 0.806. The Morgan fingerprint density at radius 3 is 2.31 bits per heavy atom. The molecular formula is C12H14F3N. The molecule has 0 amide bonds. The Kier molecular flexibility index (Phi) is 3.08. The molecule has 0 heterocycles. The average molecular weight is 229 g/mol. The summed E-state index contributed by atoms with van der Waals surface area (Å²) >= 11 is 0. The first kappa shape index (κ1) is 11.3. The molecule has 2 rings (SSSR count). The van der Waals surface area contributed by atoms with Crippen LogP contribution in [-0.2, 0) is 6.18 Å². The van der Waals surface area contributed by atoms with Gasteiger partial charge in [0.2, 0.25) is 0 Å². The molecule has 1 aromatic carbocycles. The number of nitrogens with one attached hydrogen (secondary N) is 1. The van der Waals surface area contributed by atoms with E-state index in [0.717, 1.165) is 31.7 Å². The second kappa shape index (κ2) is 4.36. The van der Waals surface area contributed by atoms with E-state index < -0.39 is 11.7 Å². The molecule has 1 fully saturated rings. The molecule has 16 heavy (non-hydrogen) atoms. The van der Waals surface area contributed by atoms with Crippen molar-refractivity contribution in [2.75, 3.05) is 5.32 Å². The van der Waals surface area contributed by atoms with Crippen LogP contribution in [0.1, 0.15) is 31.2 Å². The van der Waals surface area contributed by atoms with Gasteiger partial charge in [0.1, 0.15) is 0 Å². The highest BCUT2D eigenvalue weighted by atomic mass is 19.4. The molecule has 4 heteroatoms. The van der Waals surface area contributed by atoms with E-state index in [4.69, 9.17) is 0 Å². The largest absolute Gasteiger partial charge is 0.418 e. The van der Waals surface area contributed by atoms with E-state index in [9.17, 15) is 13.2 Å². The molecule has 0 atom stereocenters. The molecule has 1 nitrogen and oxygen atoms in total. The second-order valence-electron chi connectivity index (χ2n) is 4.17. The Balaban J connectivity index is 2.19. The zero-order chi connectivity index (χ0) is 11.6.